The molecule has 0 aliphatic carbocycles. The number of rotatable bonds is 16. The molecule has 0 saturated carbocycles. The van der Waals surface area contributed by atoms with Crippen molar-refractivity contribution in [2.45, 2.75) is 37.6 Å². The summed E-state index contributed by atoms with van der Waals surface area (Å²) in [5, 5.41) is 19.5. The maximum absolute atomic E-state index is 13.9. The van der Waals surface area contributed by atoms with Gasteiger partial charge in [0.1, 0.15) is 30.1 Å². The molecule has 3 amide bonds. The number of aliphatic hydroxyl groups is 1. The molecule has 0 bridgehead atoms. The number of sulfonamides is 1. The number of carbonyl (C=O) groups is 3. The monoisotopic (exact) mass is 738 g/mol. The second kappa shape index (κ2) is 17.7. The van der Waals surface area contributed by atoms with E-state index in [1.54, 1.807) is 37.3 Å². The number of halogens is 2. The summed E-state index contributed by atoms with van der Waals surface area (Å²) < 4.78 is 64.6. The molecular formula is C37H40F2N4O8S. The third-order valence-electron chi connectivity index (χ3n) is 8.07. The average molecular weight is 739 g/mol. The van der Waals surface area contributed by atoms with Gasteiger partial charge in [0, 0.05) is 55.6 Å². The van der Waals surface area contributed by atoms with Crippen molar-refractivity contribution in [2.24, 2.45) is 0 Å². The van der Waals surface area contributed by atoms with Gasteiger partial charge in [0.2, 0.25) is 10.0 Å². The van der Waals surface area contributed by atoms with Crippen molar-refractivity contribution in [3.8, 4) is 5.75 Å². The van der Waals surface area contributed by atoms with Crippen LogP contribution in [0.5, 0.6) is 5.75 Å². The van der Waals surface area contributed by atoms with Crippen LogP contribution in [0.3, 0.4) is 0 Å². The Morgan fingerprint density at radius 2 is 1.40 bits per heavy atom. The van der Waals surface area contributed by atoms with Crippen LogP contribution in [0, 0.1) is 11.6 Å². The van der Waals surface area contributed by atoms with E-state index in [0.717, 1.165) is 28.3 Å². The zero-order valence-electron chi connectivity index (χ0n) is 28.9. The summed E-state index contributed by atoms with van der Waals surface area (Å²) >= 11 is 0. The molecule has 0 spiro atoms. The van der Waals surface area contributed by atoms with Gasteiger partial charge in [-0.1, -0.05) is 48.5 Å². The number of nitrogens with one attached hydrogen (secondary N) is 3. The summed E-state index contributed by atoms with van der Waals surface area (Å²) in [4.78, 5) is 40.3. The number of anilines is 2. The first kappa shape index (κ1) is 39.4. The highest BCUT2D eigenvalue weighted by molar-refractivity contribution is 7.92. The van der Waals surface area contributed by atoms with Crippen molar-refractivity contribution < 1.29 is 46.2 Å². The summed E-state index contributed by atoms with van der Waals surface area (Å²) in [7, 11) is -1.33. The average Bonchev–Trinajstić information content (AvgIpc) is 3.11. The van der Waals surface area contributed by atoms with Crippen molar-refractivity contribution >= 4 is 39.1 Å². The number of hydrogen-bond acceptors (Lipinski definition) is 8. The number of benzene rings is 4. The molecule has 0 unspecified atom stereocenters. The van der Waals surface area contributed by atoms with Crippen molar-refractivity contribution in [3.05, 3.63) is 125 Å². The fraction of sp³-hybridized carbons (Fsp3) is 0.270. The van der Waals surface area contributed by atoms with Crippen molar-refractivity contribution in [1.82, 2.24) is 10.6 Å². The van der Waals surface area contributed by atoms with Crippen LogP contribution >= 0.6 is 0 Å². The molecule has 4 atom stereocenters. The summed E-state index contributed by atoms with van der Waals surface area (Å²) in [5.74, 6) is -4.15. The zero-order chi connectivity index (χ0) is 38.0. The third kappa shape index (κ3) is 11.1. The molecule has 276 valence electrons. The Bertz CT molecular complexity index is 1950. The number of carbonyl (C=O) groups excluding carboxylic acids is 3. The lowest BCUT2D eigenvalue weighted by Crippen LogP contribution is -2.49. The SMILES string of the molecule is CO[C@H](C[C@H](O)[C@H](COc1cc(F)cc(F)c1)NC(=O)c1cc(C(=O)N[C@H](C)c2ccccc2)cc(N(C)S(C)(=O)=O)c1)C(=O)Nc1ccccc1. The molecule has 52 heavy (non-hydrogen) atoms. The molecule has 0 aliphatic rings. The summed E-state index contributed by atoms with van der Waals surface area (Å²) in [6.07, 6.45) is -2.15. The lowest BCUT2D eigenvalue weighted by molar-refractivity contribution is -0.127. The molecule has 15 heteroatoms. The number of ether oxygens (including phenoxy) is 2. The summed E-state index contributed by atoms with van der Waals surface area (Å²) in [5.41, 5.74) is 1.07. The van der Waals surface area contributed by atoms with Gasteiger partial charge >= 0.3 is 0 Å². The molecule has 0 aliphatic heterocycles. The van der Waals surface area contributed by atoms with E-state index >= 15 is 0 Å². The van der Waals surface area contributed by atoms with E-state index in [4.69, 9.17) is 9.47 Å². The molecule has 0 aromatic heterocycles. The van der Waals surface area contributed by atoms with E-state index in [9.17, 15) is 36.7 Å². The molecule has 12 nitrogen and oxygen atoms in total. The molecule has 4 aromatic rings. The standard InChI is InChI=1S/C37H40F2N4O8S/c1-23(24-11-7-5-8-12-24)40-35(45)25-15-26(17-30(16-25)43(2)52(4,48)49)36(46)42-32(22-51-31-19-27(38)18-28(39)20-31)33(44)21-34(50-3)37(47)41-29-13-9-6-10-14-29/h5-20,23,32-34,44H,21-22H2,1-4H3,(H,40,45)(H,41,47)(H,42,46)/t23-,32+,33+,34-/m1/s1. The largest absolute Gasteiger partial charge is 0.491 e. The Labute approximate surface area is 300 Å². The number of hydrogen-bond donors (Lipinski definition) is 4. The Morgan fingerprint density at radius 3 is 1.96 bits per heavy atom. The van der Waals surface area contributed by atoms with Crippen LogP contribution in [0.15, 0.2) is 97.1 Å². The highest BCUT2D eigenvalue weighted by atomic mass is 32.2. The van der Waals surface area contributed by atoms with Crippen molar-refractivity contribution in [2.75, 3.05) is 36.6 Å². The van der Waals surface area contributed by atoms with E-state index in [1.165, 1.54) is 32.4 Å². The molecule has 4 N–H and O–H groups in total. The molecule has 0 radical (unpaired) electrons. The van der Waals surface area contributed by atoms with Gasteiger partial charge in [-0.15, -0.1) is 0 Å². The maximum atomic E-state index is 13.9. The van der Waals surface area contributed by atoms with Crippen LogP contribution in [-0.4, -0.2) is 76.5 Å². The number of amides is 3. The molecule has 0 heterocycles. The zero-order valence-corrected chi connectivity index (χ0v) is 29.7. The number of para-hydroxylation sites is 1. The normalized spacial score (nSPS) is 13.6. The van der Waals surface area contributed by atoms with E-state index < -0.39 is 70.3 Å². The van der Waals surface area contributed by atoms with E-state index in [0.29, 0.717) is 11.8 Å². The Kier molecular flexibility index (Phi) is 13.4. The van der Waals surface area contributed by atoms with Crippen molar-refractivity contribution in [1.29, 1.82) is 0 Å². The first-order valence-electron chi connectivity index (χ1n) is 16.1. The third-order valence-corrected chi connectivity index (χ3v) is 9.28. The van der Waals surface area contributed by atoms with Gasteiger partial charge in [0.05, 0.1) is 30.1 Å². The fourth-order valence-electron chi connectivity index (χ4n) is 5.09. The lowest BCUT2D eigenvalue weighted by Gasteiger charge is -2.27. The van der Waals surface area contributed by atoms with Gasteiger partial charge in [-0.05, 0) is 42.8 Å². The predicted molar refractivity (Wildman–Crippen MR) is 192 cm³/mol. The minimum absolute atomic E-state index is 0.00622. The quantitative estimate of drug-likeness (QED) is 0.131. The van der Waals surface area contributed by atoms with E-state index in [1.807, 2.05) is 30.3 Å². The highest BCUT2D eigenvalue weighted by Gasteiger charge is 2.30. The number of aliphatic hydroxyl groups excluding tert-OH is 1. The van der Waals surface area contributed by atoms with E-state index in [-0.39, 0.29) is 29.0 Å². The van der Waals surface area contributed by atoms with Gasteiger partial charge in [-0.3, -0.25) is 18.7 Å². The smallest absolute Gasteiger partial charge is 0.253 e. The molecule has 4 aromatic carbocycles. The van der Waals surface area contributed by atoms with Crippen LogP contribution in [0.25, 0.3) is 0 Å². The fourth-order valence-corrected chi connectivity index (χ4v) is 5.58. The second-order valence-corrected chi connectivity index (χ2v) is 14.0. The van der Waals surface area contributed by atoms with E-state index in [2.05, 4.69) is 16.0 Å². The van der Waals surface area contributed by atoms with Crippen LogP contribution in [0.4, 0.5) is 20.2 Å². The van der Waals surface area contributed by atoms with Gasteiger partial charge in [0.25, 0.3) is 17.7 Å². The van der Waals surface area contributed by atoms with Crippen LogP contribution in [0.1, 0.15) is 45.7 Å². The maximum Gasteiger partial charge on any atom is 0.253 e. The summed E-state index contributed by atoms with van der Waals surface area (Å²) in [6.45, 7) is 1.23. The molecular weight excluding hydrogens is 698 g/mol. The highest BCUT2D eigenvalue weighted by Crippen LogP contribution is 2.23. The second-order valence-electron chi connectivity index (χ2n) is 12.0. The number of nitrogens with zero attached hydrogens (tertiary/aromatic N) is 1. The lowest BCUT2D eigenvalue weighted by atomic mass is 10.0. The van der Waals surface area contributed by atoms with Gasteiger partial charge in [0.15, 0.2) is 0 Å². The first-order chi connectivity index (χ1) is 24.6. The Hall–Kier alpha value is -5.38. The van der Waals surface area contributed by atoms with Crippen LogP contribution in [0.2, 0.25) is 0 Å². The van der Waals surface area contributed by atoms with Crippen molar-refractivity contribution in [3.63, 3.8) is 0 Å². The molecule has 4 rings (SSSR count). The minimum atomic E-state index is -3.84. The number of methoxy groups -OCH3 is 1. The van der Waals surface area contributed by atoms with Gasteiger partial charge in [-0.25, -0.2) is 17.2 Å². The van der Waals surface area contributed by atoms with Gasteiger partial charge in [-0.2, -0.15) is 0 Å². The van der Waals surface area contributed by atoms with Gasteiger partial charge < -0.3 is 30.5 Å². The Balaban J connectivity index is 1.63. The van der Waals surface area contributed by atoms with Crippen LogP contribution < -0.4 is 25.0 Å². The minimum Gasteiger partial charge on any atom is -0.491 e. The first-order valence-corrected chi connectivity index (χ1v) is 17.9. The molecule has 0 saturated heterocycles. The summed E-state index contributed by atoms with van der Waals surface area (Å²) in [6, 6.07) is 22.1. The predicted octanol–water partition coefficient (Wildman–Crippen LogP) is 4.43. The van der Waals surface area contributed by atoms with Crippen LogP contribution in [-0.2, 0) is 19.6 Å². The topological polar surface area (TPSA) is 163 Å². The Morgan fingerprint density at radius 1 is 0.846 bits per heavy atom. The molecule has 0 fully saturated rings.